The number of aryl methyl sites for hydroxylation is 2. The van der Waals surface area contributed by atoms with Gasteiger partial charge < -0.3 is 10.6 Å². The molecule has 2 N–H and O–H groups in total. The number of nitrogens with zero attached hydrogens (tertiary/aromatic N) is 2. The van der Waals surface area contributed by atoms with Gasteiger partial charge in [-0.25, -0.2) is 0 Å². The van der Waals surface area contributed by atoms with Gasteiger partial charge in [-0.05, 0) is 27.2 Å². The Morgan fingerprint density at radius 1 is 1.45 bits per heavy atom. The van der Waals surface area contributed by atoms with E-state index in [1.165, 1.54) is 0 Å². The summed E-state index contributed by atoms with van der Waals surface area (Å²) in [5.41, 5.74) is 1.83. The predicted molar refractivity (Wildman–Crippen MR) is 81.9 cm³/mol. The zero-order valence-electron chi connectivity index (χ0n) is 12.8. The smallest absolute Gasteiger partial charge is 0.221 e. The minimum Gasteiger partial charge on any atom is -0.354 e. The van der Waals surface area contributed by atoms with E-state index in [1.807, 2.05) is 25.5 Å². The fraction of sp³-hybridized carbons (Fsp3) is 0.714. The van der Waals surface area contributed by atoms with Crippen molar-refractivity contribution < 1.29 is 4.79 Å². The molecule has 5 nitrogen and oxygen atoms in total. The summed E-state index contributed by atoms with van der Waals surface area (Å²) < 4.78 is 1.89. The first-order valence-corrected chi connectivity index (χ1v) is 7.59. The summed E-state index contributed by atoms with van der Waals surface area (Å²) in [6.07, 6.45) is 1.42. The highest BCUT2D eigenvalue weighted by atomic mass is 35.5. The van der Waals surface area contributed by atoms with Crippen molar-refractivity contribution in [3.05, 3.63) is 16.4 Å². The lowest BCUT2D eigenvalue weighted by molar-refractivity contribution is -0.121. The van der Waals surface area contributed by atoms with E-state index < -0.39 is 0 Å². The maximum atomic E-state index is 11.6. The van der Waals surface area contributed by atoms with E-state index in [9.17, 15) is 4.79 Å². The van der Waals surface area contributed by atoms with Gasteiger partial charge in [0, 0.05) is 32.1 Å². The highest BCUT2D eigenvalue weighted by Crippen LogP contribution is 2.19. The van der Waals surface area contributed by atoms with E-state index >= 15 is 0 Å². The number of hydrogen-bond donors (Lipinski definition) is 2. The van der Waals surface area contributed by atoms with Gasteiger partial charge in [-0.3, -0.25) is 9.48 Å². The van der Waals surface area contributed by atoms with Crippen LogP contribution in [0.4, 0.5) is 0 Å². The summed E-state index contributed by atoms with van der Waals surface area (Å²) in [7, 11) is 0. The average molecular weight is 301 g/mol. The fourth-order valence-corrected chi connectivity index (χ4v) is 2.10. The molecule has 0 spiro atoms. The summed E-state index contributed by atoms with van der Waals surface area (Å²) in [5, 5.41) is 11.3. The summed E-state index contributed by atoms with van der Waals surface area (Å²) in [6.45, 7) is 10.0. The molecule has 0 aliphatic carbocycles. The Bertz CT molecular complexity index is 445. The van der Waals surface area contributed by atoms with E-state index in [2.05, 4.69) is 22.7 Å². The zero-order valence-corrected chi connectivity index (χ0v) is 13.5. The third-order valence-electron chi connectivity index (χ3n) is 3.29. The normalized spacial score (nSPS) is 12.4. The molecule has 114 valence electrons. The minimum absolute atomic E-state index is 0.0816. The van der Waals surface area contributed by atoms with Gasteiger partial charge in [-0.1, -0.05) is 18.5 Å². The largest absolute Gasteiger partial charge is 0.354 e. The van der Waals surface area contributed by atoms with Crippen molar-refractivity contribution in [1.82, 2.24) is 20.4 Å². The van der Waals surface area contributed by atoms with Crippen molar-refractivity contribution >= 4 is 17.5 Å². The van der Waals surface area contributed by atoms with Gasteiger partial charge in [0.25, 0.3) is 0 Å². The SMILES string of the molecule is CCC(C)NC(=O)CCNCc1c(Cl)c(C)nn1CC. The van der Waals surface area contributed by atoms with Crippen molar-refractivity contribution in [1.29, 1.82) is 0 Å². The molecule has 1 atom stereocenters. The van der Waals surface area contributed by atoms with Crippen LogP contribution >= 0.6 is 11.6 Å². The number of carbonyl (C=O) groups excluding carboxylic acids is 1. The summed E-state index contributed by atoms with van der Waals surface area (Å²) in [5.74, 6) is 0.0816. The Morgan fingerprint density at radius 2 is 2.15 bits per heavy atom. The van der Waals surface area contributed by atoms with Crippen LogP contribution in [0.25, 0.3) is 0 Å². The molecular formula is C14H25ClN4O. The molecule has 6 heteroatoms. The summed E-state index contributed by atoms with van der Waals surface area (Å²) in [6, 6.07) is 0.237. The molecule has 1 unspecified atom stereocenters. The molecule has 0 bridgehead atoms. The van der Waals surface area contributed by atoms with Crippen LogP contribution in [0.2, 0.25) is 5.02 Å². The number of amides is 1. The van der Waals surface area contributed by atoms with Crippen LogP contribution in [-0.4, -0.2) is 28.3 Å². The number of hydrogen-bond acceptors (Lipinski definition) is 3. The first kappa shape index (κ1) is 17.0. The number of nitrogens with one attached hydrogen (secondary N) is 2. The lowest BCUT2D eigenvalue weighted by Gasteiger charge is -2.11. The molecule has 1 amide bonds. The third-order valence-corrected chi connectivity index (χ3v) is 3.79. The highest BCUT2D eigenvalue weighted by Gasteiger charge is 2.12. The van der Waals surface area contributed by atoms with Crippen molar-refractivity contribution in [2.24, 2.45) is 0 Å². The van der Waals surface area contributed by atoms with Crippen molar-refractivity contribution in [2.45, 2.75) is 59.7 Å². The Hall–Kier alpha value is -1.07. The molecular weight excluding hydrogens is 276 g/mol. The zero-order chi connectivity index (χ0) is 15.1. The lowest BCUT2D eigenvalue weighted by atomic mass is 10.2. The van der Waals surface area contributed by atoms with Crippen molar-refractivity contribution in [3.8, 4) is 0 Å². The second-order valence-electron chi connectivity index (χ2n) is 4.97. The Labute approximate surface area is 126 Å². The van der Waals surface area contributed by atoms with Crippen LogP contribution in [0.3, 0.4) is 0 Å². The van der Waals surface area contributed by atoms with E-state index in [0.29, 0.717) is 24.5 Å². The van der Waals surface area contributed by atoms with Crippen LogP contribution in [0.5, 0.6) is 0 Å². The first-order chi connectivity index (χ1) is 9.49. The minimum atomic E-state index is 0.0816. The third kappa shape index (κ3) is 4.80. The fourth-order valence-electron chi connectivity index (χ4n) is 1.90. The second kappa shape index (κ2) is 8.27. The van der Waals surface area contributed by atoms with Crippen LogP contribution in [-0.2, 0) is 17.9 Å². The topological polar surface area (TPSA) is 59.0 Å². The van der Waals surface area contributed by atoms with Gasteiger partial charge in [0.15, 0.2) is 0 Å². The maximum Gasteiger partial charge on any atom is 0.221 e. The molecule has 1 aromatic rings. The molecule has 0 radical (unpaired) electrons. The first-order valence-electron chi connectivity index (χ1n) is 7.21. The van der Waals surface area contributed by atoms with Crippen molar-refractivity contribution in [3.63, 3.8) is 0 Å². The van der Waals surface area contributed by atoms with Crippen LogP contribution in [0.1, 0.15) is 45.0 Å². The molecule has 1 heterocycles. The lowest BCUT2D eigenvalue weighted by Crippen LogP contribution is -2.34. The monoisotopic (exact) mass is 300 g/mol. The van der Waals surface area contributed by atoms with Crippen LogP contribution in [0, 0.1) is 6.92 Å². The summed E-state index contributed by atoms with van der Waals surface area (Å²) >= 11 is 6.22. The van der Waals surface area contributed by atoms with E-state index in [0.717, 1.165) is 24.4 Å². The van der Waals surface area contributed by atoms with E-state index in [-0.39, 0.29) is 11.9 Å². The quantitative estimate of drug-likeness (QED) is 0.724. The van der Waals surface area contributed by atoms with Crippen LogP contribution in [0.15, 0.2) is 0 Å². The molecule has 0 aliphatic rings. The van der Waals surface area contributed by atoms with Gasteiger partial charge in [-0.15, -0.1) is 0 Å². The standard InChI is InChI=1S/C14H25ClN4O/c1-5-10(3)17-13(20)7-8-16-9-12-14(15)11(4)18-19(12)6-2/h10,16H,5-9H2,1-4H3,(H,17,20). The summed E-state index contributed by atoms with van der Waals surface area (Å²) in [4.78, 5) is 11.6. The van der Waals surface area contributed by atoms with Crippen LogP contribution < -0.4 is 10.6 Å². The molecule has 20 heavy (non-hydrogen) atoms. The van der Waals surface area contributed by atoms with Crippen molar-refractivity contribution in [2.75, 3.05) is 6.54 Å². The molecule has 0 aromatic carbocycles. The molecule has 0 aliphatic heterocycles. The Kier molecular flexibility index (Phi) is 7.02. The average Bonchev–Trinajstić information content (AvgIpc) is 2.70. The Morgan fingerprint density at radius 3 is 2.75 bits per heavy atom. The van der Waals surface area contributed by atoms with Gasteiger partial charge in [0.2, 0.25) is 5.91 Å². The molecule has 1 aromatic heterocycles. The number of carbonyl (C=O) groups is 1. The van der Waals surface area contributed by atoms with Gasteiger partial charge in [0.05, 0.1) is 16.4 Å². The number of halogens is 1. The number of aromatic nitrogens is 2. The van der Waals surface area contributed by atoms with E-state index in [4.69, 9.17) is 11.6 Å². The predicted octanol–water partition coefficient (Wildman–Crippen LogP) is 2.26. The second-order valence-corrected chi connectivity index (χ2v) is 5.34. The maximum absolute atomic E-state index is 11.6. The molecule has 0 saturated carbocycles. The Balaban J connectivity index is 2.36. The van der Waals surface area contributed by atoms with Gasteiger partial charge >= 0.3 is 0 Å². The van der Waals surface area contributed by atoms with E-state index in [1.54, 1.807) is 0 Å². The highest BCUT2D eigenvalue weighted by molar-refractivity contribution is 6.31. The van der Waals surface area contributed by atoms with Gasteiger partial charge in [0.1, 0.15) is 0 Å². The molecule has 1 rings (SSSR count). The molecule has 0 saturated heterocycles. The number of rotatable bonds is 8. The van der Waals surface area contributed by atoms with Gasteiger partial charge in [-0.2, -0.15) is 5.10 Å². The molecule has 0 fully saturated rings.